The summed E-state index contributed by atoms with van der Waals surface area (Å²) in [5.74, 6) is 1.55. The zero-order valence-corrected chi connectivity index (χ0v) is 18.2. The van der Waals surface area contributed by atoms with E-state index in [0.717, 1.165) is 30.6 Å². The maximum absolute atomic E-state index is 12.2. The summed E-state index contributed by atoms with van der Waals surface area (Å²) < 4.78 is 5.49. The lowest BCUT2D eigenvalue weighted by Crippen LogP contribution is -2.49. The van der Waals surface area contributed by atoms with Crippen LogP contribution in [0.2, 0.25) is 0 Å². The maximum atomic E-state index is 12.2. The van der Waals surface area contributed by atoms with Crippen molar-refractivity contribution in [2.24, 2.45) is 11.8 Å². The molecule has 2 fully saturated rings. The molecule has 27 heavy (non-hydrogen) atoms. The van der Waals surface area contributed by atoms with Gasteiger partial charge in [0.2, 0.25) is 0 Å². The predicted octanol–water partition coefficient (Wildman–Crippen LogP) is 5.61. The second kappa shape index (κ2) is 9.66. The van der Waals surface area contributed by atoms with Gasteiger partial charge in [0.05, 0.1) is 0 Å². The second-order valence-electron chi connectivity index (χ2n) is 9.18. The number of amides is 1. The van der Waals surface area contributed by atoms with Gasteiger partial charge in [0.15, 0.2) is 0 Å². The Hall–Kier alpha value is -1.45. The summed E-state index contributed by atoms with van der Waals surface area (Å²) in [4.78, 5) is 16.4. The van der Waals surface area contributed by atoms with Crippen LogP contribution in [0.25, 0.3) is 0 Å². The van der Waals surface area contributed by atoms with Crippen molar-refractivity contribution in [3.63, 3.8) is 0 Å². The average molecular weight is 377 g/mol. The topological polar surface area (TPSA) is 32.8 Å². The van der Waals surface area contributed by atoms with Crippen LogP contribution < -0.4 is 0 Å². The van der Waals surface area contributed by atoms with E-state index in [4.69, 9.17) is 4.74 Å². The number of carbonyl (C=O) groups excluding carboxylic acids is 1. The molecule has 0 unspecified atom stereocenters. The molecule has 0 aromatic carbocycles. The van der Waals surface area contributed by atoms with Crippen LogP contribution in [0.4, 0.5) is 4.79 Å². The first-order valence-corrected chi connectivity index (χ1v) is 10.9. The highest BCUT2D eigenvalue weighted by molar-refractivity contribution is 5.68. The largest absolute Gasteiger partial charge is 0.444 e. The summed E-state index contributed by atoms with van der Waals surface area (Å²) in [6, 6.07) is 0. The van der Waals surface area contributed by atoms with Crippen LogP contribution in [-0.2, 0) is 4.74 Å². The van der Waals surface area contributed by atoms with Gasteiger partial charge in [0.1, 0.15) is 5.60 Å². The van der Waals surface area contributed by atoms with Crippen molar-refractivity contribution in [3.05, 3.63) is 23.9 Å². The van der Waals surface area contributed by atoms with Gasteiger partial charge in [0.25, 0.3) is 0 Å². The summed E-state index contributed by atoms with van der Waals surface area (Å²) in [7, 11) is 0. The first-order valence-electron chi connectivity index (χ1n) is 10.9. The number of carbonyl (C=O) groups is 1. The van der Waals surface area contributed by atoms with E-state index in [0.29, 0.717) is 13.1 Å². The van der Waals surface area contributed by atoms with E-state index >= 15 is 0 Å². The minimum atomic E-state index is -0.437. The van der Waals surface area contributed by atoms with Gasteiger partial charge in [-0.2, -0.15) is 0 Å². The summed E-state index contributed by atoms with van der Waals surface area (Å²) in [6.07, 6.45) is 9.93. The number of hydrogen-bond acceptors (Lipinski definition) is 3. The van der Waals surface area contributed by atoms with Gasteiger partial charge < -0.3 is 14.5 Å². The van der Waals surface area contributed by atoms with Crippen molar-refractivity contribution >= 4 is 6.09 Å². The molecule has 0 spiro atoms. The molecule has 1 aliphatic heterocycles. The molecule has 2 aliphatic rings. The van der Waals surface area contributed by atoms with Crippen LogP contribution in [0.1, 0.15) is 73.1 Å². The molecule has 1 aliphatic carbocycles. The van der Waals surface area contributed by atoms with Gasteiger partial charge in [-0.3, -0.25) is 0 Å². The number of ether oxygens (including phenoxy) is 1. The molecule has 0 bridgehead atoms. The first kappa shape index (κ1) is 21.8. The van der Waals surface area contributed by atoms with Crippen LogP contribution in [0.3, 0.4) is 0 Å². The van der Waals surface area contributed by atoms with Crippen LogP contribution in [0, 0.1) is 11.8 Å². The minimum Gasteiger partial charge on any atom is -0.444 e. The van der Waals surface area contributed by atoms with Gasteiger partial charge in [-0.1, -0.05) is 45.3 Å². The monoisotopic (exact) mass is 376 g/mol. The normalized spacial score (nSPS) is 19.3. The summed E-state index contributed by atoms with van der Waals surface area (Å²) in [6.45, 7) is 17.8. The van der Waals surface area contributed by atoms with Crippen molar-refractivity contribution in [1.29, 1.82) is 0 Å². The SMILES string of the molecule is C=C(/C=C(\CC(CC)CC)C1CCC1)N1CCN(C(=O)OC(C)(C)C)CC1. The zero-order chi connectivity index (χ0) is 20.0. The molecule has 4 heteroatoms. The zero-order valence-electron chi connectivity index (χ0n) is 18.2. The highest BCUT2D eigenvalue weighted by atomic mass is 16.6. The fourth-order valence-corrected chi connectivity index (χ4v) is 3.84. The molecule has 0 atom stereocenters. The highest BCUT2D eigenvalue weighted by Gasteiger charge is 2.27. The minimum absolute atomic E-state index is 0.202. The highest BCUT2D eigenvalue weighted by Crippen LogP contribution is 2.38. The standard InChI is InChI=1S/C23H40N2O2/c1-7-19(8-2)17-21(20-10-9-11-20)16-18(3)24-12-14-25(15-13-24)22(26)27-23(4,5)6/h16,19-20H,3,7-15,17H2,1-2,4-6H3/b21-16+. The van der Waals surface area contributed by atoms with E-state index in [1.165, 1.54) is 38.5 Å². The smallest absolute Gasteiger partial charge is 0.410 e. The Labute approximate surface area is 166 Å². The van der Waals surface area contributed by atoms with Crippen LogP contribution in [0.15, 0.2) is 23.9 Å². The number of piperazine rings is 1. The van der Waals surface area contributed by atoms with Crippen LogP contribution in [-0.4, -0.2) is 47.7 Å². The molecular formula is C23H40N2O2. The molecule has 154 valence electrons. The van der Waals surface area contributed by atoms with Crippen molar-refractivity contribution < 1.29 is 9.53 Å². The van der Waals surface area contributed by atoms with E-state index in [-0.39, 0.29) is 6.09 Å². The lowest BCUT2D eigenvalue weighted by atomic mass is 9.75. The predicted molar refractivity (Wildman–Crippen MR) is 113 cm³/mol. The van der Waals surface area contributed by atoms with Gasteiger partial charge in [0, 0.05) is 31.9 Å². The molecule has 2 rings (SSSR count). The van der Waals surface area contributed by atoms with E-state index in [2.05, 4.69) is 31.4 Å². The number of allylic oxidation sites excluding steroid dienone is 2. The fourth-order valence-electron chi connectivity index (χ4n) is 3.84. The summed E-state index contributed by atoms with van der Waals surface area (Å²) >= 11 is 0. The third kappa shape index (κ3) is 6.58. The molecule has 1 saturated carbocycles. The Balaban J connectivity index is 1.92. The van der Waals surface area contributed by atoms with Crippen molar-refractivity contribution in [1.82, 2.24) is 9.80 Å². The average Bonchev–Trinajstić information content (AvgIpc) is 2.56. The second-order valence-corrected chi connectivity index (χ2v) is 9.18. The molecule has 0 aromatic rings. The van der Waals surface area contributed by atoms with Crippen LogP contribution in [0.5, 0.6) is 0 Å². The fraction of sp³-hybridized carbons (Fsp3) is 0.783. The lowest BCUT2D eigenvalue weighted by molar-refractivity contribution is 0.0171. The van der Waals surface area contributed by atoms with Gasteiger partial charge in [-0.05, 0) is 57.9 Å². The molecular weight excluding hydrogens is 336 g/mol. The number of nitrogens with zero attached hydrogens (tertiary/aromatic N) is 2. The molecule has 0 radical (unpaired) electrons. The third-order valence-electron chi connectivity index (χ3n) is 6.00. The molecule has 0 N–H and O–H groups in total. The van der Waals surface area contributed by atoms with Gasteiger partial charge in [-0.25, -0.2) is 4.79 Å². The van der Waals surface area contributed by atoms with Crippen LogP contribution >= 0.6 is 0 Å². The van der Waals surface area contributed by atoms with E-state index in [1.54, 1.807) is 5.57 Å². The van der Waals surface area contributed by atoms with Gasteiger partial charge in [-0.15, -0.1) is 0 Å². The number of hydrogen-bond donors (Lipinski definition) is 0. The maximum Gasteiger partial charge on any atom is 0.410 e. The lowest BCUT2D eigenvalue weighted by Gasteiger charge is -2.38. The van der Waals surface area contributed by atoms with E-state index in [9.17, 15) is 4.79 Å². The Morgan fingerprint density at radius 1 is 1.11 bits per heavy atom. The Kier molecular flexibility index (Phi) is 7.81. The van der Waals surface area contributed by atoms with Crippen molar-refractivity contribution in [3.8, 4) is 0 Å². The Morgan fingerprint density at radius 3 is 2.11 bits per heavy atom. The Morgan fingerprint density at radius 2 is 1.67 bits per heavy atom. The molecule has 0 aromatic heterocycles. The molecule has 1 amide bonds. The van der Waals surface area contributed by atoms with Crippen molar-refractivity contribution in [2.45, 2.75) is 78.7 Å². The van der Waals surface area contributed by atoms with Crippen molar-refractivity contribution in [2.75, 3.05) is 26.2 Å². The first-order chi connectivity index (χ1) is 12.7. The Bertz CT molecular complexity index is 531. The summed E-state index contributed by atoms with van der Waals surface area (Å²) in [5.41, 5.74) is 2.29. The number of rotatable bonds is 7. The molecule has 1 saturated heterocycles. The third-order valence-corrected chi connectivity index (χ3v) is 6.00. The van der Waals surface area contributed by atoms with E-state index in [1.807, 2.05) is 25.7 Å². The summed E-state index contributed by atoms with van der Waals surface area (Å²) in [5, 5.41) is 0. The molecule has 4 nitrogen and oxygen atoms in total. The van der Waals surface area contributed by atoms with E-state index < -0.39 is 5.60 Å². The quantitative estimate of drug-likeness (QED) is 0.542. The van der Waals surface area contributed by atoms with Gasteiger partial charge >= 0.3 is 6.09 Å². The molecule has 1 heterocycles.